The molecule has 0 unspecified atom stereocenters. The number of nitrogens with zero attached hydrogens (tertiary/aromatic N) is 2. The molecule has 27 heavy (non-hydrogen) atoms. The number of nitrogens with one attached hydrogen (secondary N) is 1. The molecule has 0 spiro atoms. The second-order valence-corrected chi connectivity index (χ2v) is 5.85. The van der Waals surface area contributed by atoms with Crippen LogP contribution in [-0.4, -0.2) is 17.0 Å². The quantitative estimate of drug-likeness (QED) is 0.299. The van der Waals surface area contributed by atoms with E-state index in [4.69, 9.17) is 21.8 Å². The number of amides is 1. The molecule has 1 amide bonds. The molecule has 1 heterocycles. The molecule has 0 aliphatic heterocycles. The van der Waals surface area contributed by atoms with Crippen LogP contribution in [-0.2, 0) is 0 Å². The number of hydrazone groups is 1. The maximum Gasteiger partial charge on any atom is 0.271 e. The molecule has 8 nitrogen and oxygen atoms in total. The van der Waals surface area contributed by atoms with Crippen LogP contribution in [0.5, 0.6) is 0 Å². The van der Waals surface area contributed by atoms with E-state index in [0.717, 1.165) is 0 Å². The first-order chi connectivity index (χ1) is 12.9. The second-order valence-electron chi connectivity index (χ2n) is 5.44. The van der Waals surface area contributed by atoms with Crippen molar-refractivity contribution in [3.05, 3.63) is 81.1 Å². The van der Waals surface area contributed by atoms with E-state index in [1.165, 1.54) is 24.4 Å². The number of furan rings is 1. The number of anilines is 1. The topological polar surface area (TPSA) is 124 Å². The Bertz CT molecular complexity index is 1030. The highest BCUT2D eigenvalue weighted by molar-refractivity contribution is 6.33. The summed E-state index contributed by atoms with van der Waals surface area (Å²) >= 11 is 6.08. The van der Waals surface area contributed by atoms with E-state index >= 15 is 0 Å². The van der Waals surface area contributed by atoms with Crippen LogP contribution < -0.4 is 11.2 Å². The first kappa shape index (κ1) is 18.2. The van der Waals surface area contributed by atoms with Gasteiger partial charge >= 0.3 is 0 Å². The predicted octanol–water partition coefficient (Wildman–Crippen LogP) is 3.85. The number of hydrogen-bond acceptors (Lipinski definition) is 6. The fourth-order valence-corrected chi connectivity index (χ4v) is 2.51. The summed E-state index contributed by atoms with van der Waals surface area (Å²) in [7, 11) is 0. The van der Waals surface area contributed by atoms with E-state index in [9.17, 15) is 14.9 Å². The fourth-order valence-electron chi connectivity index (χ4n) is 2.24. The monoisotopic (exact) mass is 384 g/mol. The van der Waals surface area contributed by atoms with Crippen LogP contribution in [0.3, 0.4) is 0 Å². The lowest BCUT2D eigenvalue weighted by Crippen LogP contribution is -2.17. The summed E-state index contributed by atoms with van der Waals surface area (Å²) in [6, 6.07) is 13.8. The van der Waals surface area contributed by atoms with Crippen molar-refractivity contribution in [3.63, 3.8) is 0 Å². The SMILES string of the molecule is Nc1ccc(C(=O)NN=Cc2ccc(-c3ccc([N+](=O)[O-])cc3Cl)o2)cc1. The van der Waals surface area contributed by atoms with Gasteiger partial charge in [-0.1, -0.05) is 11.6 Å². The van der Waals surface area contributed by atoms with Gasteiger partial charge in [-0.3, -0.25) is 14.9 Å². The molecule has 0 fully saturated rings. The minimum Gasteiger partial charge on any atom is -0.455 e. The van der Waals surface area contributed by atoms with Crippen molar-refractivity contribution in [3.8, 4) is 11.3 Å². The maximum atomic E-state index is 11.9. The van der Waals surface area contributed by atoms with Crippen molar-refractivity contribution < 1.29 is 14.1 Å². The summed E-state index contributed by atoms with van der Waals surface area (Å²) in [6.45, 7) is 0. The minimum absolute atomic E-state index is 0.109. The number of nitrogen functional groups attached to an aromatic ring is 1. The van der Waals surface area contributed by atoms with E-state index in [0.29, 0.717) is 28.3 Å². The van der Waals surface area contributed by atoms with Crippen molar-refractivity contribution >= 4 is 35.1 Å². The smallest absolute Gasteiger partial charge is 0.271 e. The molecule has 3 N–H and O–H groups in total. The van der Waals surface area contributed by atoms with Gasteiger partial charge in [-0.25, -0.2) is 5.43 Å². The van der Waals surface area contributed by atoms with Crippen molar-refractivity contribution in [1.82, 2.24) is 5.43 Å². The van der Waals surface area contributed by atoms with Gasteiger partial charge in [0.15, 0.2) is 0 Å². The molecule has 0 saturated carbocycles. The Balaban J connectivity index is 1.69. The Morgan fingerprint density at radius 2 is 1.93 bits per heavy atom. The highest BCUT2D eigenvalue weighted by Crippen LogP contribution is 2.31. The van der Waals surface area contributed by atoms with Crippen LogP contribution in [0.1, 0.15) is 16.1 Å². The number of rotatable bonds is 5. The van der Waals surface area contributed by atoms with Crippen molar-refractivity contribution in [1.29, 1.82) is 0 Å². The molecule has 1 aromatic heterocycles. The largest absolute Gasteiger partial charge is 0.455 e. The summed E-state index contributed by atoms with van der Waals surface area (Å²) in [4.78, 5) is 22.2. The Kier molecular flexibility index (Phi) is 5.18. The van der Waals surface area contributed by atoms with E-state index < -0.39 is 10.8 Å². The molecule has 0 radical (unpaired) electrons. The molecular formula is C18H13ClN4O4. The van der Waals surface area contributed by atoms with Crippen LogP contribution >= 0.6 is 11.6 Å². The van der Waals surface area contributed by atoms with Crippen LogP contribution in [0, 0.1) is 10.1 Å². The van der Waals surface area contributed by atoms with Crippen LogP contribution in [0.15, 0.2) is 64.1 Å². The highest BCUT2D eigenvalue weighted by atomic mass is 35.5. The minimum atomic E-state index is -0.528. The Morgan fingerprint density at radius 3 is 2.59 bits per heavy atom. The average molecular weight is 385 g/mol. The number of nitro groups is 1. The second kappa shape index (κ2) is 7.71. The van der Waals surface area contributed by atoms with E-state index in [1.807, 2.05) is 0 Å². The molecular weight excluding hydrogens is 372 g/mol. The Labute approximate surface area is 158 Å². The molecule has 2 aromatic carbocycles. The standard InChI is InChI=1S/C18H13ClN4O4/c19-16-9-13(23(25)26)5-7-15(16)17-8-6-14(27-17)10-21-22-18(24)11-1-3-12(20)4-2-11/h1-10H,20H2,(H,22,24). The van der Waals surface area contributed by atoms with Gasteiger partial charge in [-0.2, -0.15) is 5.10 Å². The van der Waals surface area contributed by atoms with Crippen LogP contribution in [0.25, 0.3) is 11.3 Å². The van der Waals surface area contributed by atoms with Gasteiger partial charge in [0.25, 0.3) is 11.6 Å². The van der Waals surface area contributed by atoms with Gasteiger partial charge in [0, 0.05) is 28.9 Å². The molecule has 0 saturated heterocycles. The third-order valence-corrected chi connectivity index (χ3v) is 3.90. The molecule has 0 bridgehead atoms. The van der Waals surface area contributed by atoms with Crippen LogP contribution in [0.4, 0.5) is 11.4 Å². The van der Waals surface area contributed by atoms with Crippen LogP contribution in [0.2, 0.25) is 5.02 Å². The molecule has 3 rings (SSSR count). The Morgan fingerprint density at radius 1 is 1.19 bits per heavy atom. The maximum absolute atomic E-state index is 11.9. The number of halogens is 1. The Hall–Kier alpha value is -3.65. The highest BCUT2D eigenvalue weighted by Gasteiger charge is 2.13. The lowest BCUT2D eigenvalue weighted by molar-refractivity contribution is -0.384. The fraction of sp³-hybridized carbons (Fsp3) is 0. The molecule has 0 atom stereocenters. The number of benzene rings is 2. The van der Waals surface area contributed by atoms with Gasteiger partial charge in [0.05, 0.1) is 16.2 Å². The summed E-state index contributed by atoms with van der Waals surface area (Å²) < 4.78 is 5.58. The number of carbonyl (C=O) groups is 1. The number of nitro benzene ring substituents is 1. The number of hydrogen-bond donors (Lipinski definition) is 2. The molecule has 0 aliphatic carbocycles. The average Bonchev–Trinajstić information content (AvgIpc) is 3.10. The first-order valence-electron chi connectivity index (χ1n) is 7.67. The lowest BCUT2D eigenvalue weighted by Gasteiger charge is -2.01. The van der Waals surface area contributed by atoms with Crippen molar-refractivity contribution in [2.24, 2.45) is 5.10 Å². The molecule has 136 valence electrons. The first-order valence-corrected chi connectivity index (χ1v) is 8.05. The number of non-ortho nitro benzene ring substituents is 1. The molecule has 0 aliphatic rings. The molecule has 9 heteroatoms. The third kappa shape index (κ3) is 4.31. The van der Waals surface area contributed by atoms with Gasteiger partial charge < -0.3 is 10.2 Å². The van der Waals surface area contributed by atoms with Crippen molar-refractivity contribution in [2.75, 3.05) is 5.73 Å². The summed E-state index contributed by atoms with van der Waals surface area (Å²) in [6.07, 6.45) is 1.33. The van der Waals surface area contributed by atoms with Gasteiger partial charge in [-0.05, 0) is 42.5 Å². The van der Waals surface area contributed by atoms with E-state index in [1.54, 1.807) is 36.4 Å². The van der Waals surface area contributed by atoms with Gasteiger partial charge in [0.2, 0.25) is 0 Å². The predicted molar refractivity (Wildman–Crippen MR) is 102 cm³/mol. The lowest BCUT2D eigenvalue weighted by atomic mass is 10.1. The zero-order valence-electron chi connectivity index (χ0n) is 13.8. The zero-order valence-corrected chi connectivity index (χ0v) is 14.5. The third-order valence-electron chi connectivity index (χ3n) is 3.59. The summed E-state index contributed by atoms with van der Waals surface area (Å²) in [5.74, 6) is 0.398. The zero-order chi connectivity index (χ0) is 19.4. The normalized spacial score (nSPS) is 10.9. The summed E-state index contributed by atoms with van der Waals surface area (Å²) in [5, 5.41) is 14.8. The van der Waals surface area contributed by atoms with E-state index in [2.05, 4.69) is 10.5 Å². The van der Waals surface area contributed by atoms with E-state index in [-0.39, 0.29) is 10.7 Å². The van der Waals surface area contributed by atoms with Crippen molar-refractivity contribution in [2.45, 2.75) is 0 Å². The number of nitrogens with two attached hydrogens (primary N) is 1. The molecule has 3 aromatic rings. The number of carbonyl (C=O) groups excluding carboxylic acids is 1. The summed E-state index contributed by atoms with van der Waals surface area (Å²) in [5.41, 5.74) is 9.32. The van der Waals surface area contributed by atoms with Gasteiger partial charge in [0.1, 0.15) is 11.5 Å². The van der Waals surface area contributed by atoms with Gasteiger partial charge in [-0.15, -0.1) is 0 Å².